The van der Waals surface area contributed by atoms with Gasteiger partial charge in [0, 0.05) is 6.04 Å². The highest BCUT2D eigenvalue weighted by atomic mass is 16.5. The van der Waals surface area contributed by atoms with Crippen LogP contribution in [0.3, 0.4) is 0 Å². The Balaban J connectivity index is 2.38. The summed E-state index contributed by atoms with van der Waals surface area (Å²) in [5.41, 5.74) is 1.13. The second-order valence-electron chi connectivity index (χ2n) is 5.12. The molecule has 0 aliphatic rings. The smallest absolute Gasteiger partial charge is 0.160 e. The summed E-state index contributed by atoms with van der Waals surface area (Å²) in [7, 11) is 5.76. The number of unbranched alkanes of at least 4 members (excludes halogenated alkanes) is 1. The number of benzene rings is 1. The molecular weight excluding hydrogens is 240 g/mol. The standard InChI is InChI=1S/C15H26N2O2/c1-12(16-9-5-6-10-17(2)3)13-7-8-14(18)15(11-13)19-4/h7-8,11-12,16,18H,5-6,9-10H2,1-4H3. The molecule has 0 saturated carbocycles. The highest BCUT2D eigenvalue weighted by Gasteiger charge is 2.08. The van der Waals surface area contributed by atoms with Gasteiger partial charge in [0.15, 0.2) is 11.5 Å². The summed E-state index contributed by atoms with van der Waals surface area (Å²) in [6, 6.07) is 5.74. The molecule has 1 atom stereocenters. The van der Waals surface area contributed by atoms with E-state index in [1.54, 1.807) is 13.2 Å². The second kappa shape index (κ2) is 8.02. The summed E-state index contributed by atoms with van der Waals surface area (Å²) < 4.78 is 5.12. The fourth-order valence-electron chi connectivity index (χ4n) is 1.95. The zero-order chi connectivity index (χ0) is 14.3. The maximum Gasteiger partial charge on any atom is 0.160 e. The van der Waals surface area contributed by atoms with Crippen molar-refractivity contribution in [3.8, 4) is 11.5 Å². The number of nitrogens with zero attached hydrogens (tertiary/aromatic N) is 1. The molecule has 0 bridgehead atoms. The highest BCUT2D eigenvalue weighted by molar-refractivity contribution is 5.42. The zero-order valence-corrected chi connectivity index (χ0v) is 12.4. The van der Waals surface area contributed by atoms with Gasteiger partial charge in [-0.1, -0.05) is 6.07 Å². The predicted octanol–water partition coefficient (Wildman–Crippen LogP) is 2.39. The summed E-state index contributed by atoms with van der Waals surface area (Å²) in [4.78, 5) is 2.20. The topological polar surface area (TPSA) is 44.7 Å². The highest BCUT2D eigenvalue weighted by Crippen LogP contribution is 2.28. The number of phenols is 1. The molecule has 0 saturated heterocycles. The number of nitrogens with one attached hydrogen (secondary N) is 1. The first kappa shape index (κ1) is 15.8. The zero-order valence-electron chi connectivity index (χ0n) is 12.4. The minimum absolute atomic E-state index is 0.185. The Morgan fingerprint density at radius 3 is 2.68 bits per heavy atom. The predicted molar refractivity (Wildman–Crippen MR) is 78.9 cm³/mol. The number of ether oxygens (including phenoxy) is 1. The average Bonchev–Trinajstić information content (AvgIpc) is 2.38. The van der Waals surface area contributed by atoms with Gasteiger partial charge in [-0.25, -0.2) is 0 Å². The minimum Gasteiger partial charge on any atom is -0.504 e. The van der Waals surface area contributed by atoms with Crippen molar-refractivity contribution in [1.82, 2.24) is 10.2 Å². The molecule has 0 radical (unpaired) electrons. The molecule has 0 aliphatic heterocycles. The molecular formula is C15H26N2O2. The third-order valence-electron chi connectivity index (χ3n) is 3.19. The quantitative estimate of drug-likeness (QED) is 0.709. The largest absolute Gasteiger partial charge is 0.504 e. The van der Waals surface area contributed by atoms with Gasteiger partial charge in [-0.3, -0.25) is 0 Å². The van der Waals surface area contributed by atoms with Crippen LogP contribution in [0, 0.1) is 0 Å². The van der Waals surface area contributed by atoms with Gasteiger partial charge in [-0.15, -0.1) is 0 Å². The summed E-state index contributed by atoms with van der Waals surface area (Å²) in [6.07, 6.45) is 2.36. The molecule has 0 heterocycles. The molecule has 1 aromatic carbocycles. The Kier molecular flexibility index (Phi) is 6.67. The summed E-state index contributed by atoms with van der Waals surface area (Å²) in [5, 5.41) is 13.1. The van der Waals surface area contributed by atoms with Crippen LogP contribution in [0.5, 0.6) is 11.5 Å². The summed E-state index contributed by atoms with van der Waals surface area (Å²) >= 11 is 0. The second-order valence-corrected chi connectivity index (χ2v) is 5.12. The van der Waals surface area contributed by atoms with E-state index >= 15 is 0 Å². The van der Waals surface area contributed by atoms with Crippen LogP contribution in [-0.2, 0) is 0 Å². The third kappa shape index (κ3) is 5.49. The number of hydrogen-bond acceptors (Lipinski definition) is 4. The van der Waals surface area contributed by atoms with Gasteiger partial charge in [0.1, 0.15) is 0 Å². The summed E-state index contributed by atoms with van der Waals surface area (Å²) in [5.74, 6) is 0.711. The number of phenolic OH excluding ortho intramolecular Hbond substituents is 1. The van der Waals surface area contributed by atoms with E-state index in [1.807, 2.05) is 12.1 Å². The van der Waals surface area contributed by atoms with Crippen molar-refractivity contribution in [3.05, 3.63) is 23.8 Å². The van der Waals surface area contributed by atoms with Crippen LogP contribution < -0.4 is 10.1 Å². The van der Waals surface area contributed by atoms with E-state index in [0.717, 1.165) is 25.1 Å². The minimum atomic E-state index is 0.185. The molecule has 108 valence electrons. The molecule has 2 N–H and O–H groups in total. The van der Waals surface area contributed by atoms with E-state index in [2.05, 4.69) is 31.2 Å². The lowest BCUT2D eigenvalue weighted by atomic mass is 10.1. The normalized spacial score (nSPS) is 12.7. The molecule has 4 nitrogen and oxygen atoms in total. The van der Waals surface area contributed by atoms with Crippen LogP contribution >= 0.6 is 0 Å². The maximum absolute atomic E-state index is 9.56. The van der Waals surface area contributed by atoms with Gasteiger partial charge in [-0.2, -0.15) is 0 Å². The van der Waals surface area contributed by atoms with Crippen LogP contribution in [0.4, 0.5) is 0 Å². The Morgan fingerprint density at radius 2 is 2.05 bits per heavy atom. The Hall–Kier alpha value is -1.26. The average molecular weight is 266 g/mol. The lowest BCUT2D eigenvalue weighted by molar-refractivity contribution is 0.371. The van der Waals surface area contributed by atoms with Gasteiger partial charge in [-0.05, 0) is 64.6 Å². The van der Waals surface area contributed by atoms with Crippen molar-refractivity contribution in [1.29, 1.82) is 0 Å². The fraction of sp³-hybridized carbons (Fsp3) is 0.600. The van der Waals surface area contributed by atoms with Crippen LogP contribution in [-0.4, -0.2) is 44.3 Å². The van der Waals surface area contributed by atoms with Gasteiger partial charge in [0.2, 0.25) is 0 Å². The molecule has 19 heavy (non-hydrogen) atoms. The van der Waals surface area contributed by atoms with E-state index in [9.17, 15) is 5.11 Å². The van der Waals surface area contributed by atoms with Gasteiger partial charge in [0.05, 0.1) is 7.11 Å². The molecule has 0 spiro atoms. The van der Waals surface area contributed by atoms with Gasteiger partial charge >= 0.3 is 0 Å². The van der Waals surface area contributed by atoms with E-state index in [4.69, 9.17) is 4.74 Å². The Morgan fingerprint density at radius 1 is 1.32 bits per heavy atom. The van der Waals surface area contributed by atoms with Crippen molar-refractivity contribution < 1.29 is 9.84 Å². The van der Waals surface area contributed by atoms with E-state index in [-0.39, 0.29) is 11.8 Å². The Bertz CT molecular complexity index is 380. The molecule has 1 aromatic rings. The van der Waals surface area contributed by atoms with Crippen molar-refractivity contribution in [2.75, 3.05) is 34.3 Å². The van der Waals surface area contributed by atoms with Crippen LogP contribution in [0.25, 0.3) is 0 Å². The summed E-state index contributed by atoms with van der Waals surface area (Å²) in [6.45, 7) is 4.25. The van der Waals surface area contributed by atoms with Crippen LogP contribution in [0.15, 0.2) is 18.2 Å². The van der Waals surface area contributed by atoms with E-state index < -0.39 is 0 Å². The fourth-order valence-corrected chi connectivity index (χ4v) is 1.95. The molecule has 0 aromatic heterocycles. The SMILES string of the molecule is COc1cc(C(C)NCCCCN(C)C)ccc1O. The lowest BCUT2D eigenvalue weighted by Crippen LogP contribution is -2.21. The number of aromatic hydroxyl groups is 1. The molecule has 1 rings (SSSR count). The number of methoxy groups -OCH3 is 1. The molecule has 0 fully saturated rings. The molecule has 0 aliphatic carbocycles. The first-order valence-corrected chi connectivity index (χ1v) is 6.79. The van der Waals surface area contributed by atoms with Crippen molar-refractivity contribution >= 4 is 0 Å². The van der Waals surface area contributed by atoms with E-state index in [1.165, 1.54) is 6.42 Å². The first-order valence-electron chi connectivity index (χ1n) is 6.79. The number of rotatable bonds is 8. The van der Waals surface area contributed by atoms with E-state index in [0.29, 0.717) is 5.75 Å². The van der Waals surface area contributed by atoms with Crippen LogP contribution in [0.2, 0.25) is 0 Å². The van der Waals surface area contributed by atoms with Crippen LogP contribution in [0.1, 0.15) is 31.4 Å². The third-order valence-corrected chi connectivity index (χ3v) is 3.19. The molecule has 0 amide bonds. The maximum atomic E-state index is 9.56. The monoisotopic (exact) mass is 266 g/mol. The molecule has 1 unspecified atom stereocenters. The van der Waals surface area contributed by atoms with Gasteiger partial charge in [0.25, 0.3) is 0 Å². The lowest BCUT2D eigenvalue weighted by Gasteiger charge is -2.16. The van der Waals surface area contributed by atoms with Gasteiger partial charge < -0.3 is 20.1 Å². The van der Waals surface area contributed by atoms with Crippen molar-refractivity contribution in [3.63, 3.8) is 0 Å². The number of hydrogen-bond donors (Lipinski definition) is 2. The molecule has 4 heteroatoms. The van der Waals surface area contributed by atoms with Crippen molar-refractivity contribution in [2.24, 2.45) is 0 Å². The Labute approximate surface area is 116 Å². The van der Waals surface area contributed by atoms with Crippen molar-refractivity contribution in [2.45, 2.75) is 25.8 Å². The first-order chi connectivity index (χ1) is 9.04.